The summed E-state index contributed by atoms with van der Waals surface area (Å²) in [7, 11) is 0. The summed E-state index contributed by atoms with van der Waals surface area (Å²) in [5.74, 6) is 0.370. The number of nitrogens with zero attached hydrogens (tertiary/aromatic N) is 5. The van der Waals surface area contributed by atoms with Crippen LogP contribution in [0.15, 0.2) is 29.4 Å². The Morgan fingerprint density at radius 1 is 1.36 bits per heavy atom. The van der Waals surface area contributed by atoms with E-state index in [9.17, 15) is 4.79 Å². The van der Waals surface area contributed by atoms with Crippen LogP contribution in [0.4, 0.5) is 5.69 Å². The molecule has 0 saturated heterocycles. The average molecular weight is 358 g/mol. The van der Waals surface area contributed by atoms with Crippen molar-refractivity contribution in [3.05, 3.63) is 29.8 Å². The maximum atomic E-state index is 12.1. The van der Waals surface area contributed by atoms with Gasteiger partial charge in [0.05, 0.1) is 11.8 Å². The Morgan fingerprint density at radius 2 is 2.20 bits per heavy atom. The summed E-state index contributed by atoms with van der Waals surface area (Å²) in [5, 5.41) is 15.5. The lowest BCUT2D eigenvalue weighted by Gasteiger charge is -2.25. The third-order valence-electron chi connectivity index (χ3n) is 4.71. The molecule has 8 heteroatoms. The van der Waals surface area contributed by atoms with E-state index in [0.717, 1.165) is 31.0 Å². The second kappa shape index (κ2) is 7.03. The summed E-state index contributed by atoms with van der Waals surface area (Å²) in [5.41, 5.74) is 2.69. The van der Waals surface area contributed by atoms with E-state index >= 15 is 0 Å². The molecule has 1 fully saturated rings. The van der Waals surface area contributed by atoms with Crippen LogP contribution >= 0.6 is 11.8 Å². The highest BCUT2D eigenvalue weighted by molar-refractivity contribution is 7.99. The molecule has 7 nitrogen and oxygen atoms in total. The number of amides is 1. The maximum absolute atomic E-state index is 12.1. The van der Waals surface area contributed by atoms with Crippen molar-refractivity contribution in [2.45, 2.75) is 43.4 Å². The number of nitrogens with one attached hydrogen (secondary N) is 1. The molecule has 25 heavy (non-hydrogen) atoms. The van der Waals surface area contributed by atoms with E-state index in [4.69, 9.17) is 0 Å². The quantitative estimate of drug-likeness (QED) is 0.759. The van der Waals surface area contributed by atoms with E-state index in [-0.39, 0.29) is 5.91 Å². The molecule has 1 unspecified atom stereocenters. The predicted octanol–water partition coefficient (Wildman–Crippen LogP) is 1.67. The summed E-state index contributed by atoms with van der Waals surface area (Å²) >= 11 is 1.40. The first-order chi connectivity index (χ1) is 12.2. The van der Waals surface area contributed by atoms with Crippen LogP contribution in [0.2, 0.25) is 0 Å². The molecule has 0 bridgehead atoms. The third kappa shape index (κ3) is 3.63. The summed E-state index contributed by atoms with van der Waals surface area (Å²) in [6.45, 7) is 3.70. The zero-order valence-corrected chi connectivity index (χ0v) is 15.1. The van der Waals surface area contributed by atoms with Crippen molar-refractivity contribution in [2.24, 2.45) is 0 Å². The van der Waals surface area contributed by atoms with Crippen molar-refractivity contribution in [2.75, 3.05) is 23.7 Å². The van der Waals surface area contributed by atoms with Gasteiger partial charge in [0.2, 0.25) is 11.1 Å². The van der Waals surface area contributed by atoms with Crippen LogP contribution in [-0.4, -0.2) is 51.0 Å². The largest absolute Gasteiger partial charge is 0.367 e. The fourth-order valence-corrected chi connectivity index (χ4v) is 4.07. The first-order valence-electron chi connectivity index (χ1n) is 8.74. The number of carbonyl (C=O) groups excluding carboxylic acids is 1. The van der Waals surface area contributed by atoms with Gasteiger partial charge in [-0.15, -0.1) is 5.10 Å². The van der Waals surface area contributed by atoms with Crippen LogP contribution in [0.1, 0.15) is 31.4 Å². The number of para-hydroxylation sites is 1. The standard InChI is InChI=1S/C17H22N6OS/c1-12-10-13-4-2-3-5-15(13)22(12)9-8-18-16(24)11-25-17-19-20-21-23(17)14-6-7-14/h2-5,12,14H,6-11H2,1H3,(H,18,24). The Morgan fingerprint density at radius 3 is 3.04 bits per heavy atom. The molecule has 4 rings (SSSR count). The molecule has 1 aliphatic carbocycles. The molecule has 2 heterocycles. The fraction of sp³-hybridized carbons (Fsp3) is 0.529. The number of hydrogen-bond donors (Lipinski definition) is 1. The number of benzene rings is 1. The first kappa shape index (κ1) is 16.4. The van der Waals surface area contributed by atoms with E-state index in [0.29, 0.717) is 24.4 Å². The molecule has 1 aromatic heterocycles. The molecule has 1 atom stereocenters. The number of hydrogen-bond acceptors (Lipinski definition) is 6. The normalized spacial score (nSPS) is 19.1. The van der Waals surface area contributed by atoms with Crippen LogP contribution in [0.5, 0.6) is 0 Å². The fourth-order valence-electron chi connectivity index (χ4n) is 3.30. The number of tetrazole rings is 1. The molecule has 0 radical (unpaired) electrons. The van der Waals surface area contributed by atoms with Gasteiger partial charge in [0.1, 0.15) is 0 Å². The Balaban J connectivity index is 1.23. The molecule has 1 saturated carbocycles. The van der Waals surface area contributed by atoms with Gasteiger partial charge in [-0.05, 0) is 48.2 Å². The van der Waals surface area contributed by atoms with Crippen molar-refractivity contribution in [3.63, 3.8) is 0 Å². The summed E-state index contributed by atoms with van der Waals surface area (Å²) in [6.07, 6.45) is 3.32. The molecule has 132 valence electrons. The average Bonchev–Trinajstić information content (AvgIpc) is 3.26. The summed E-state index contributed by atoms with van der Waals surface area (Å²) in [6, 6.07) is 9.41. The maximum Gasteiger partial charge on any atom is 0.230 e. The highest BCUT2D eigenvalue weighted by Gasteiger charge is 2.28. The molecule has 1 amide bonds. The smallest absolute Gasteiger partial charge is 0.230 e. The molecule has 2 aliphatic rings. The number of fused-ring (bicyclic) bond motifs is 1. The number of anilines is 1. The second-order valence-electron chi connectivity index (χ2n) is 6.65. The number of thioether (sulfide) groups is 1. The summed E-state index contributed by atoms with van der Waals surface area (Å²) < 4.78 is 1.83. The Labute approximate surface area is 151 Å². The SMILES string of the molecule is CC1Cc2ccccc2N1CCNC(=O)CSc1nnnn1C1CC1. The minimum atomic E-state index is 0.0236. The Hall–Kier alpha value is -2.09. The number of aromatic nitrogens is 4. The topological polar surface area (TPSA) is 75.9 Å². The molecular weight excluding hydrogens is 336 g/mol. The van der Waals surface area contributed by atoms with E-state index in [1.807, 2.05) is 4.68 Å². The van der Waals surface area contributed by atoms with Crippen molar-refractivity contribution in [1.29, 1.82) is 0 Å². The Bertz CT molecular complexity index is 759. The van der Waals surface area contributed by atoms with Gasteiger partial charge in [0.15, 0.2) is 0 Å². The monoisotopic (exact) mass is 358 g/mol. The van der Waals surface area contributed by atoms with Crippen LogP contribution in [0.25, 0.3) is 0 Å². The van der Waals surface area contributed by atoms with Crippen molar-refractivity contribution < 1.29 is 4.79 Å². The zero-order chi connectivity index (χ0) is 17.2. The van der Waals surface area contributed by atoms with Gasteiger partial charge in [0.25, 0.3) is 0 Å². The van der Waals surface area contributed by atoms with Gasteiger partial charge in [-0.3, -0.25) is 4.79 Å². The van der Waals surface area contributed by atoms with E-state index in [2.05, 4.69) is 56.9 Å². The van der Waals surface area contributed by atoms with E-state index in [1.54, 1.807) is 0 Å². The highest BCUT2D eigenvalue weighted by atomic mass is 32.2. The van der Waals surface area contributed by atoms with Gasteiger partial charge in [-0.25, -0.2) is 4.68 Å². The Kier molecular flexibility index (Phi) is 4.61. The lowest BCUT2D eigenvalue weighted by atomic mass is 10.1. The molecule has 1 aromatic carbocycles. The van der Waals surface area contributed by atoms with Gasteiger partial charge in [0, 0.05) is 24.8 Å². The van der Waals surface area contributed by atoms with Crippen molar-refractivity contribution in [3.8, 4) is 0 Å². The van der Waals surface area contributed by atoms with Crippen molar-refractivity contribution in [1.82, 2.24) is 25.5 Å². The van der Waals surface area contributed by atoms with Crippen LogP contribution in [0.3, 0.4) is 0 Å². The first-order valence-corrected chi connectivity index (χ1v) is 9.73. The van der Waals surface area contributed by atoms with Gasteiger partial charge in [-0.1, -0.05) is 30.0 Å². The molecular formula is C17H22N6OS. The minimum absolute atomic E-state index is 0.0236. The lowest BCUT2D eigenvalue weighted by molar-refractivity contribution is -0.118. The van der Waals surface area contributed by atoms with Crippen LogP contribution in [0, 0.1) is 0 Å². The minimum Gasteiger partial charge on any atom is -0.367 e. The van der Waals surface area contributed by atoms with Crippen LogP contribution in [-0.2, 0) is 11.2 Å². The molecule has 0 spiro atoms. The second-order valence-corrected chi connectivity index (χ2v) is 7.59. The van der Waals surface area contributed by atoms with Crippen molar-refractivity contribution >= 4 is 23.4 Å². The van der Waals surface area contributed by atoms with Gasteiger partial charge >= 0.3 is 0 Å². The van der Waals surface area contributed by atoms with Crippen LogP contribution < -0.4 is 10.2 Å². The summed E-state index contributed by atoms with van der Waals surface area (Å²) in [4.78, 5) is 14.5. The third-order valence-corrected chi connectivity index (χ3v) is 5.64. The van der Waals surface area contributed by atoms with E-state index < -0.39 is 0 Å². The molecule has 1 aliphatic heterocycles. The number of carbonyl (C=O) groups is 1. The van der Waals surface area contributed by atoms with Gasteiger partial charge < -0.3 is 10.2 Å². The molecule has 1 N–H and O–H groups in total. The lowest BCUT2D eigenvalue weighted by Crippen LogP contribution is -2.38. The molecule has 2 aromatic rings. The predicted molar refractivity (Wildman–Crippen MR) is 96.8 cm³/mol. The number of rotatable bonds is 7. The highest BCUT2D eigenvalue weighted by Crippen LogP contribution is 2.36. The van der Waals surface area contributed by atoms with Gasteiger partial charge in [-0.2, -0.15) is 0 Å². The zero-order valence-electron chi connectivity index (χ0n) is 14.3. The van der Waals surface area contributed by atoms with E-state index in [1.165, 1.54) is 23.0 Å².